The van der Waals surface area contributed by atoms with Crippen LogP contribution >= 0.6 is 24.8 Å². The van der Waals surface area contributed by atoms with Gasteiger partial charge in [-0.25, -0.2) is 0 Å². The van der Waals surface area contributed by atoms with Crippen molar-refractivity contribution in [2.45, 2.75) is 59.4 Å². The van der Waals surface area contributed by atoms with Gasteiger partial charge in [0, 0.05) is 32.1 Å². The molecule has 2 saturated heterocycles. The fourth-order valence-corrected chi connectivity index (χ4v) is 4.58. The Labute approximate surface area is 167 Å². The molecule has 0 aromatic heterocycles. The molecule has 0 aromatic rings. The SMILES string of the molecule is CC1CC(C)CN(CC(C)NC(=O)CC(C)C2CCNCC2)C1.Cl.Cl. The zero-order chi connectivity index (χ0) is 16.8. The van der Waals surface area contributed by atoms with E-state index in [0.29, 0.717) is 18.3 Å². The number of likely N-dealkylation sites (tertiary alicyclic amines) is 1. The number of carbonyl (C=O) groups excluding carboxylic acids is 1. The number of nitrogens with zero attached hydrogens (tertiary/aromatic N) is 1. The van der Waals surface area contributed by atoms with E-state index in [1.54, 1.807) is 0 Å². The lowest BCUT2D eigenvalue weighted by atomic mass is 9.84. The zero-order valence-electron chi connectivity index (χ0n) is 16.4. The van der Waals surface area contributed by atoms with Crippen LogP contribution in [-0.4, -0.2) is 49.6 Å². The van der Waals surface area contributed by atoms with Crippen LogP contribution in [0.5, 0.6) is 0 Å². The Hall–Kier alpha value is -0.0300. The fourth-order valence-electron chi connectivity index (χ4n) is 4.58. The summed E-state index contributed by atoms with van der Waals surface area (Å²) in [4.78, 5) is 14.9. The molecule has 4 nitrogen and oxygen atoms in total. The number of nitrogens with one attached hydrogen (secondary N) is 2. The Morgan fingerprint density at radius 1 is 1.12 bits per heavy atom. The van der Waals surface area contributed by atoms with Crippen LogP contribution in [0, 0.1) is 23.7 Å². The van der Waals surface area contributed by atoms with Gasteiger partial charge in [-0.05, 0) is 62.9 Å². The van der Waals surface area contributed by atoms with Crippen LogP contribution < -0.4 is 10.6 Å². The number of hydrogen-bond acceptors (Lipinski definition) is 3. The maximum atomic E-state index is 12.3. The number of hydrogen-bond donors (Lipinski definition) is 2. The minimum atomic E-state index is 0. The quantitative estimate of drug-likeness (QED) is 0.724. The highest BCUT2D eigenvalue weighted by molar-refractivity contribution is 5.85. The summed E-state index contributed by atoms with van der Waals surface area (Å²) in [6.07, 6.45) is 4.45. The molecule has 6 heteroatoms. The summed E-state index contributed by atoms with van der Waals surface area (Å²) in [5.74, 6) is 3.00. The molecule has 2 N–H and O–H groups in total. The van der Waals surface area contributed by atoms with Gasteiger partial charge in [-0.2, -0.15) is 0 Å². The lowest BCUT2D eigenvalue weighted by Gasteiger charge is -2.36. The van der Waals surface area contributed by atoms with Crippen molar-refractivity contribution in [1.29, 1.82) is 0 Å². The van der Waals surface area contributed by atoms with Crippen molar-refractivity contribution < 1.29 is 4.79 Å². The van der Waals surface area contributed by atoms with Crippen molar-refractivity contribution >= 4 is 30.7 Å². The molecule has 0 saturated carbocycles. The average Bonchev–Trinajstić information content (AvgIpc) is 2.46. The second kappa shape index (κ2) is 12.4. The molecule has 25 heavy (non-hydrogen) atoms. The summed E-state index contributed by atoms with van der Waals surface area (Å²) < 4.78 is 0. The number of piperidine rings is 2. The van der Waals surface area contributed by atoms with Crippen molar-refractivity contribution in [1.82, 2.24) is 15.5 Å². The highest BCUT2D eigenvalue weighted by Gasteiger charge is 2.25. The molecule has 4 unspecified atom stereocenters. The molecule has 1 amide bonds. The minimum absolute atomic E-state index is 0. The first-order chi connectivity index (χ1) is 10.9. The largest absolute Gasteiger partial charge is 0.352 e. The van der Waals surface area contributed by atoms with E-state index in [9.17, 15) is 4.79 Å². The lowest BCUT2D eigenvalue weighted by Crippen LogP contribution is -2.47. The van der Waals surface area contributed by atoms with E-state index in [-0.39, 0.29) is 36.8 Å². The van der Waals surface area contributed by atoms with Crippen LogP contribution in [0.15, 0.2) is 0 Å². The normalized spacial score (nSPS) is 27.5. The molecule has 2 fully saturated rings. The van der Waals surface area contributed by atoms with Gasteiger partial charge in [0.1, 0.15) is 0 Å². The molecule has 0 aromatic carbocycles. The Bertz CT molecular complexity index is 368. The molecule has 2 aliphatic heterocycles. The molecular weight excluding hydrogens is 357 g/mol. The standard InChI is InChI=1S/C19H37N3O.2ClH/c1-14-9-15(2)12-22(11-14)13-17(4)21-19(23)10-16(3)18-5-7-20-8-6-18;;/h14-18,20H,5-13H2,1-4H3,(H,21,23);2*1H. The van der Waals surface area contributed by atoms with Gasteiger partial charge in [0.15, 0.2) is 0 Å². The minimum Gasteiger partial charge on any atom is -0.352 e. The van der Waals surface area contributed by atoms with E-state index < -0.39 is 0 Å². The molecule has 0 bridgehead atoms. The van der Waals surface area contributed by atoms with Gasteiger partial charge in [0.05, 0.1) is 0 Å². The third-order valence-electron chi connectivity index (χ3n) is 5.58. The molecule has 2 rings (SSSR count). The summed E-state index contributed by atoms with van der Waals surface area (Å²) in [5, 5.41) is 6.63. The van der Waals surface area contributed by atoms with Crippen molar-refractivity contribution in [2.75, 3.05) is 32.7 Å². The highest BCUT2D eigenvalue weighted by Crippen LogP contribution is 2.24. The number of rotatable bonds is 6. The lowest BCUT2D eigenvalue weighted by molar-refractivity contribution is -0.123. The van der Waals surface area contributed by atoms with Crippen LogP contribution in [0.4, 0.5) is 0 Å². The first-order valence-corrected chi connectivity index (χ1v) is 9.66. The fraction of sp³-hybridized carbons (Fsp3) is 0.947. The van der Waals surface area contributed by atoms with E-state index >= 15 is 0 Å². The van der Waals surface area contributed by atoms with Crippen LogP contribution in [0.25, 0.3) is 0 Å². The van der Waals surface area contributed by atoms with Gasteiger partial charge >= 0.3 is 0 Å². The smallest absolute Gasteiger partial charge is 0.220 e. The Morgan fingerprint density at radius 2 is 1.68 bits per heavy atom. The molecule has 4 atom stereocenters. The van der Waals surface area contributed by atoms with Gasteiger partial charge in [0.25, 0.3) is 0 Å². The third kappa shape index (κ3) is 8.94. The summed E-state index contributed by atoms with van der Waals surface area (Å²) in [5.41, 5.74) is 0. The Kier molecular flexibility index (Phi) is 12.4. The van der Waals surface area contributed by atoms with Crippen molar-refractivity contribution in [2.24, 2.45) is 23.7 Å². The summed E-state index contributed by atoms with van der Waals surface area (Å²) in [6, 6.07) is 0.250. The number of halogens is 2. The topological polar surface area (TPSA) is 44.4 Å². The van der Waals surface area contributed by atoms with Crippen molar-refractivity contribution in [3.8, 4) is 0 Å². The Morgan fingerprint density at radius 3 is 2.24 bits per heavy atom. The molecule has 2 aliphatic rings. The summed E-state index contributed by atoms with van der Waals surface area (Å²) >= 11 is 0. The second-order valence-electron chi connectivity index (χ2n) is 8.40. The maximum Gasteiger partial charge on any atom is 0.220 e. The van der Waals surface area contributed by atoms with Gasteiger partial charge < -0.3 is 15.5 Å². The Balaban J connectivity index is 0.00000288. The van der Waals surface area contributed by atoms with Crippen LogP contribution in [-0.2, 0) is 4.79 Å². The van der Waals surface area contributed by atoms with E-state index in [0.717, 1.165) is 31.5 Å². The number of carbonyl (C=O) groups is 1. The van der Waals surface area contributed by atoms with Crippen molar-refractivity contribution in [3.05, 3.63) is 0 Å². The van der Waals surface area contributed by atoms with E-state index in [2.05, 4.69) is 43.2 Å². The predicted octanol–water partition coefficient (Wildman–Crippen LogP) is 3.34. The highest BCUT2D eigenvalue weighted by atomic mass is 35.5. The van der Waals surface area contributed by atoms with Gasteiger partial charge in [-0.3, -0.25) is 4.79 Å². The van der Waals surface area contributed by atoms with E-state index in [1.165, 1.54) is 32.4 Å². The average molecular weight is 396 g/mol. The molecule has 0 radical (unpaired) electrons. The van der Waals surface area contributed by atoms with Crippen LogP contribution in [0.3, 0.4) is 0 Å². The predicted molar refractivity (Wildman–Crippen MR) is 111 cm³/mol. The van der Waals surface area contributed by atoms with E-state index in [1.807, 2.05) is 0 Å². The summed E-state index contributed by atoms with van der Waals surface area (Å²) in [7, 11) is 0. The first-order valence-electron chi connectivity index (χ1n) is 9.66. The zero-order valence-corrected chi connectivity index (χ0v) is 18.1. The van der Waals surface area contributed by atoms with E-state index in [4.69, 9.17) is 0 Å². The molecular formula is C19H39Cl2N3O. The molecule has 0 spiro atoms. The number of amides is 1. The van der Waals surface area contributed by atoms with Crippen LogP contribution in [0.2, 0.25) is 0 Å². The maximum absolute atomic E-state index is 12.3. The molecule has 2 heterocycles. The van der Waals surface area contributed by atoms with Crippen LogP contribution in [0.1, 0.15) is 53.4 Å². The molecule has 0 aliphatic carbocycles. The van der Waals surface area contributed by atoms with Gasteiger partial charge in [-0.1, -0.05) is 20.8 Å². The third-order valence-corrected chi connectivity index (χ3v) is 5.58. The van der Waals surface area contributed by atoms with Gasteiger partial charge in [0.2, 0.25) is 5.91 Å². The molecule has 150 valence electrons. The monoisotopic (exact) mass is 395 g/mol. The van der Waals surface area contributed by atoms with Gasteiger partial charge in [-0.15, -0.1) is 24.8 Å². The first kappa shape index (κ1) is 25.0. The second-order valence-corrected chi connectivity index (χ2v) is 8.40. The summed E-state index contributed by atoms with van der Waals surface area (Å²) in [6.45, 7) is 14.6. The van der Waals surface area contributed by atoms with Crippen molar-refractivity contribution in [3.63, 3.8) is 0 Å².